The van der Waals surface area contributed by atoms with Crippen LogP contribution in [-0.4, -0.2) is 25.8 Å². The standard InChI is InChI=1S/C18H29NO/c1-4-12-19-18(11-10-14(2)20-3)17-13-16(17)15-8-6-5-7-9-15/h5-9,14,16-19H,4,10-13H2,1-3H3. The summed E-state index contributed by atoms with van der Waals surface area (Å²) in [4.78, 5) is 0. The summed E-state index contributed by atoms with van der Waals surface area (Å²) in [6.07, 6.45) is 5.29. The lowest BCUT2D eigenvalue weighted by Gasteiger charge is -2.20. The average molecular weight is 275 g/mol. The summed E-state index contributed by atoms with van der Waals surface area (Å²) >= 11 is 0. The summed E-state index contributed by atoms with van der Waals surface area (Å²) in [5, 5.41) is 3.75. The smallest absolute Gasteiger partial charge is 0.0543 e. The molecule has 1 aliphatic rings. The Morgan fingerprint density at radius 2 is 2.00 bits per heavy atom. The van der Waals surface area contributed by atoms with Crippen molar-refractivity contribution >= 4 is 0 Å². The molecule has 2 rings (SSSR count). The largest absolute Gasteiger partial charge is 0.382 e. The zero-order valence-electron chi connectivity index (χ0n) is 13.1. The van der Waals surface area contributed by atoms with Crippen LogP contribution in [0.2, 0.25) is 0 Å². The summed E-state index contributed by atoms with van der Waals surface area (Å²) in [5.41, 5.74) is 1.51. The maximum Gasteiger partial charge on any atom is 0.0543 e. The van der Waals surface area contributed by atoms with Gasteiger partial charge in [-0.25, -0.2) is 0 Å². The van der Waals surface area contributed by atoms with Crippen LogP contribution in [0, 0.1) is 5.92 Å². The first-order valence-electron chi connectivity index (χ1n) is 8.07. The van der Waals surface area contributed by atoms with Crippen molar-refractivity contribution in [2.75, 3.05) is 13.7 Å². The maximum atomic E-state index is 5.39. The van der Waals surface area contributed by atoms with Crippen LogP contribution in [0.5, 0.6) is 0 Å². The van der Waals surface area contributed by atoms with E-state index >= 15 is 0 Å². The zero-order valence-corrected chi connectivity index (χ0v) is 13.1. The van der Waals surface area contributed by atoms with Crippen LogP contribution < -0.4 is 5.32 Å². The van der Waals surface area contributed by atoms with Crippen molar-refractivity contribution in [1.29, 1.82) is 0 Å². The van der Waals surface area contributed by atoms with Crippen LogP contribution in [0.4, 0.5) is 0 Å². The second kappa shape index (κ2) is 7.80. The second-order valence-corrected chi connectivity index (χ2v) is 6.10. The van der Waals surface area contributed by atoms with Gasteiger partial charge in [-0.05, 0) is 56.6 Å². The number of nitrogens with one attached hydrogen (secondary N) is 1. The first-order chi connectivity index (χ1) is 9.76. The SMILES string of the molecule is CCCNC(CCC(C)OC)C1CC1c1ccccc1. The van der Waals surface area contributed by atoms with Crippen molar-refractivity contribution in [3.63, 3.8) is 0 Å². The van der Waals surface area contributed by atoms with Crippen molar-refractivity contribution < 1.29 is 4.74 Å². The van der Waals surface area contributed by atoms with Gasteiger partial charge in [-0.3, -0.25) is 0 Å². The normalized spacial score (nSPS) is 24.4. The van der Waals surface area contributed by atoms with Crippen molar-refractivity contribution in [1.82, 2.24) is 5.32 Å². The van der Waals surface area contributed by atoms with E-state index in [1.165, 1.54) is 24.8 Å². The Hall–Kier alpha value is -0.860. The molecule has 0 heterocycles. The van der Waals surface area contributed by atoms with E-state index in [4.69, 9.17) is 4.74 Å². The van der Waals surface area contributed by atoms with Crippen molar-refractivity contribution in [3.8, 4) is 0 Å². The fraction of sp³-hybridized carbons (Fsp3) is 0.667. The minimum atomic E-state index is 0.370. The van der Waals surface area contributed by atoms with Gasteiger partial charge in [0.05, 0.1) is 6.10 Å². The van der Waals surface area contributed by atoms with Gasteiger partial charge in [-0.15, -0.1) is 0 Å². The summed E-state index contributed by atoms with van der Waals surface area (Å²) in [5.74, 6) is 1.58. The third kappa shape index (κ3) is 4.32. The van der Waals surface area contributed by atoms with Gasteiger partial charge in [-0.1, -0.05) is 37.3 Å². The molecule has 0 saturated heterocycles. The number of hydrogen-bond donors (Lipinski definition) is 1. The first-order valence-corrected chi connectivity index (χ1v) is 8.07. The van der Waals surface area contributed by atoms with Gasteiger partial charge in [0, 0.05) is 13.2 Å². The molecule has 1 aliphatic carbocycles. The molecule has 0 aromatic heterocycles. The molecule has 2 heteroatoms. The summed E-state index contributed by atoms with van der Waals surface area (Å²) in [7, 11) is 1.81. The molecule has 0 spiro atoms. The van der Waals surface area contributed by atoms with Gasteiger partial charge >= 0.3 is 0 Å². The van der Waals surface area contributed by atoms with Crippen LogP contribution in [0.15, 0.2) is 30.3 Å². The van der Waals surface area contributed by atoms with Crippen LogP contribution in [0.25, 0.3) is 0 Å². The fourth-order valence-corrected chi connectivity index (χ4v) is 3.07. The first kappa shape index (κ1) is 15.5. The summed E-state index contributed by atoms with van der Waals surface area (Å²) < 4.78 is 5.39. The van der Waals surface area contributed by atoms with E-state index in [0.29, 0.717) is 12.1 Å². The molecule has 1 fully saturated rings. The van der Waals surface area contributed by atoms with Crippen LogP contribution in [-0.2, 0) is 4.74 Å². The van der Waals surface area contributed by atoms with Crippen molar-refractivity contribution in [2.45, 2.75) is 57.6 Å². The van der Waals surface area contributed by atoms with Gasteiger partial charge < -0.3 is 10.1 Å². The molecule has 2 nitrogen and oxygen atoms in total. The number of ether oxygens (including phenoxy) is 1. The Morgan fingerprint density at radius 3 is 2.65 bits per heavy atom. The van der Waals surface area contributed by atoms with Gasteiger partial charge in [0.15, 0.2) is 0 Å². The van der Waals surface area contributed by atoms with Gasteiger partial charge in [-0.2, -0.15) is 0 Å². The maximum absolute atomic E-state index is 5.39. The zero-order chi connectivity index (χ0) is 14.4. The van der Waals surface area contributed by atoms with E-state index in [0.717, 1.165) is 24.8 Å². The van der Waals surface area contributed by atoms with Crippen LogP contribution in [0.3, 0.4) is 0 Å². The minimum Gasteiger partial charge on any atom is -0.382 e. The van der Waals surface area contributed by atoms with Gasteiger partial charge in [0.1, 0.15) is 0 Å². The third-order valence-corrected chi connectivity index (χ3v) is 4.53. The van der Waals surface area contributed by atoms with E-state index in [1.54, 1.807) is 0 Å². The topological polar surface area (TPSA) is 21.3 Å². The number of hydrogen-bond acceptors (Lipinski definition) is 2. The van der Waals surface area contributed by atoms with E-state index < -0.39 is 0 Å². The van der Waals surface area contributed by atoms with Crippen molar-refractivity contribution in [3.05, 3.63) is 35.9 Å². The molecule has 1 saturated carbocycles. The molecule has 0 aliphatic heterocycles. The monoisotopic (exact) mass is 275 g/mol. The lowest BCUT2D eigenvalue weighted by Crippen LogP contribution is -2.33. The molecule has 1 aromatic carbocycles. The molecular weight excluding hydrogens is 246 g/mol. The Bertz CT molecular complexity index is 378. The number of methoxy groups -OCH3 is 1. The molecule has 1 aromatic rings. The molecule has 4 atom stereocenters. The molecule has 20 heavy (non-hydrogen) atoms. The highest BCUT2D eigenvalue weighted by Gasteiger charge is 2.43. The second-order valence-electron chi connectivity index (χ2n) is 6.10. The van der Waals surface area contributed by atoms with Gasteiger partial charge in [0.2, 0.25) is 0 Å². The molecule has 1 N–H and O–H groups in total. The predicted molar refractivity (Wildman–Crippen MR) is 85.1 cm³/mol. The molecule has 0 bridgehead atoms. The number of rotatable bonds is 9. The predicted octanol–water partition coefficient (Wildman–Crippen LogP) is 3.97. The number of benzene rings is 1. The Morgan fingerprint density at radius 1 is 1.25 bits per heavy atom. The molecule has 4 unspecified atom stereocenters. The lowest BCUT2D eigenvalue weighted by atomic mass is 10.00. The average Bonchev–Trinajstić information content (AvgIpc) is 3.28. The lowest BCUT2D eigenvalue weighted by molar-refractivity contribution is 0.105. The highest BCUT2D eigenvalue weighted by atomic mass is 16.5. The highest BCUT2D eigenvalue weighted by molar-refractivity contribution is 5.26. The van der Waals surface area contributed by atoms with E-state index in [1.807, 2.05) is 7.11 Å². The summed E-state index contributed by atoms with van der Waals surface area (Å²) in [6, 6.07) is 11.6. The van der Waals surface area contributed by atoms with Crippen molar-refractivity contribution in [2.24, 2.45) is 5.92 Å². The minimum absolute atomic E-state index is 0.370. The molecule has 112 valence electrons. The molecule has 0 amide bonds. The fourth-order valence-electron chi connectivity index (χ4n) is 3.07. The van der Waals surface area contributed by atoms with Crippen LogP contribution >= 0.6 is 0 Å². The molecule has 0 radical (unpaired) electrons. The van der Waals surface area contributed by atoms with Gasteiger partial charge in [0.25, 0.3) is 0 Å². The Balaban J connectivity index is 1.88. The van der Waals surface area contributed by atoms with E-state index in [-0.39, 0.29) is 0 Å². The molecular formula is C18H29NO. The van der Waals surface area contributed by atoms with Crippen LogP contribution in [0.1, 0.15) is 51.0 Å². The van der Waals surface area contributed by atoms with E-state index in [9.17, 15) is 0 Å². The highest BCUT2D eigenvalue weighted by Crippen LogP contribution is 2.50. The summed E-state index contributed by atoms with van der Waals surface area (Å²) in [6.45, 7) is 5.53. The Labute approximate surface area is 123 Å². The quantitative estimate of drug-likeness (QED) is 0.736. The van der Waals surface area contributed by atoms with E-state index in [2.05, 4.69) is 49.5 Å². The third-order valence-electron chi connectivity index (χ3n) is 4.53. The Kier molecular flexibility index (Phi) is 6.06.